The van der Waals surface area contributed by atoms with Crippen molar-refractivity contribution in [1.82, 2.24) is 10.6 Å². The molecule has 8 nitrogen and oxygen atoms in total. The van der Waals surface area contributed by atoms with Crippen LogP contribution in [0.3, 0.4) is 0 Å². The molecule has 1 fully saturated rings. The molecule has 0 bridgehead atoms. The van der Waals surface area contributed by atoms with Crippen LogP contribution in [0.25, 0.3) is 0 Å². The number of carboxylic acids is 1. The minimum atomic E-state index is -1.19. The summed E-state index contributed by atoms with van der Waals surface area (Å²) in [6.07, 6.45) is 2.48. The third-order valence-electron chi connectivity index (χ3n) is 3.54. The molecule has 8 heteroatoms. The van der Waals surface area contributed by atoms with Gasteiger partial charge in [0.1, 0.15) is 6.04 Å². The molecule has 1 rings (SSSR count). The first kappa shape index (κ1) is 17.2. The van der Waals surface area contributed by atoms with E-state index in [4.69, 9.17) is 9.84 Å². The van der Waals surface area contributed by atoms with E-state index in [1.165, 1.54) is 7.11 Å². The van der Waals surface area contributed by atoms with Crippen LogP contribution >= 0.6 is 0 Å². The lowest BCUT2D eigenvalue weighted by atomic mass is 10.1. The molecule has 1 aliphatic carbocycles. The van der Waals surface area contributed by atoms with Gasteiger partial charge in [-0.2, -0.15) is 0 Å². The molecule has 3 N–H and O–H groups in total. The second-order valence-corrected chi connectivity index (χ2v) is 4.93. The van der Waals surface area contributed by atoms with Crippen LogP contribution in [0, 0.1) is 0 Å². The largest absolute Gasteiger partial charge is 0.480 e. The number of nitrogens with one attached hydrogen (secondary N) is 2. The number of amides is 2. The number of hydrogen-bond donors (Lipinski definition) is 3. The van der Waals surface area contributed by atoms with Crippen LogP contribution in [0.2, 0.25) is 0 Å². The maximum absolute atomic E-state index is 11.8. The first-order chi connectivity index (χ1) is 9.97. The highest BCUT2D eigenvalue weighted by molar-refractivity contribution is 5.83. The van der Waals surface area contributed by atoms with Crippen LogP contribution in [0.15, 0.2) is 0 Å². The standard InChI is InChI=1S/C13H22N2O6/c1-20-10-5-3-4-8(10)14-13(19)15-9(12(17)18)6-7-11(16)21-2/h8-10H,3-7H2,1-2H3,(H,17,18)(H2,14,15,19)/t8?,9-,10?/m1/s1. The number of hydrogen-bond acceptors (Lipinski definition) is 5. The van der Waals surface area contributed by atoms with E-state index in [9.17, 15) is 14.4 Å². The Labute approximate surface area is 123 Å². The molecule has 2 amide bonds. The number of aliphatic carboxylic acids is 1. The first-order valence-electron chi connectivity index (χ1n) is 6.87. The molecule has 0 aromatic carbocycles. The van der Waals surface area contributed by atoms with Crippen LogP contribution in [0.5, 0.6) is 0 Å². The fourth-order valence-corrected chi connectivity index (χ4v) is 2.36. The maximum Gasteiger partial charge on any atom is 0.326 e. The summed E-state index contributed by atoms with van der Waals surface area (Å²) in [6, 6.07) is -1.82. The van der Waals surface area contributed by atoms with E-state index in [0.717, 1.165) is 19.3 Å². The molecule has 120 valence electrons. The highest BCUT2D eigenvalue weighted by atomic mass is 16.5. The molecule has 1 saturated carbocycles. The lowest BCUT2D eigenvalue weighted by molar-refractivity contribution is -0.142. The van der Waals surface area contributed by atoms with Gasteiger partial charge in [-0.15, -0.1) is 0 Å². The molecule has 0 spiro atoms. The van der Waals surface area contributed by atoms with E-state index in [2.05, 4.69) is 15.4 Å². The molecule has 21 heavy (non-hydrogen) atoms. The fourth-order valence-electron chi connectivity index (χ4n) is 2.36. The Morgan fingerprint density at radius 1 is 1.29 bits per heavy atom. The summed E-state index contributed by atoms with van der Waals surface area (Å²) in [5.74, 6) is -1.71. The molecule has 0 aliphatic heterocycles. The molecular formula is C13H22N2O6. The van der Waals surface area contributed by atoms with Gasteiger partial charge < -0.3 is 25.2 Å². The Morgan fingerprint density at radius 2 is 2.00 bits per heavy atom. The van der Waals surface area contributed by atoms with Crippen molar-refractivity contribution in [3.8, 4) is 0 Å². The van der Waals surface area contributed by atoms with Crippen molar-refractivity contribution in [3.05, 3.63) is 0 Å². The minimum Gasteiger partial charge on any atom is -0.480 e. The second kappa shape index (κ2) is 8.46. The number of esters is 1. The van der Waals surface area contributed by atoms with E-state index >= 15 is 0 Å². The van der Waals surface area contributed by atoms with Gasteiger partial charge in [0.05, 0.1) is 19.3 Å². The number of ether oxygens (including phenoxy) is 2. The number of methoxy groups -OCH3 is 2. The van der Waals surface area contributed by atoms with Gasteiger partial charge in [0.15, 0.2) is 0 Å². The summed E-state index contributed by atoms with van der Waals surface area (Å²) in [4.78, 5) is 33.9. The van der Waals surface area contributed by atoms with E-state index in [1.54, 1.807) is 7.11 Å². The second-order valence-electron chi connectivity index (χ2n) is 4.93. The van der Waals surface area contributed by atoms with Crippen molar-refractivity contribution in [1.29, 1.82) is 0 Å². The number of urea groups is 1. The van der Waals surface area contributed by atoms with Crippen LogP contribution in [0.4, 0.5) is 4.79 Å². The van der Waals surface area contributed by atoms with Gasteiger partial charge in [-0.1, -0.05) is 0 Å². The van der Waals surface area contributed by atoms with Gasteiger partial charge in [-0.3, -0.25) is 4.79 Å². The Balaban J connectivity index is 2.45. The van der Waals surface area contributed by atoms with Crippen molar-refractivity contribution >= 4 is 18.0 Å². The molecule has 1 aliphatic rings. The lowest BCUT2D eigenvalue weighted by Gasteiger charge is -2.21. The van der Waals surface area contributed by atoms with Crippen molar-refractivity contribution in [3.63, 3.8) is 0 Å². The Kier molecular flexibility index (Phi) is 6.93. The normalized spacial score (nSPS) is 22.4. The van der Waals surface area contributed by atoms with Crippen molar-refractivity contribution in [2.24, 2.45) is 0 Å². The van der Waals surface area contributed by atoms with Gasteiger partial charge in [0, 0.05) is 13.5 Å². The maximum atomic E-state index is 11.8. The quantitative estimate of drug-likeness (QED) is 0.581. The molecule has 0 aromatic heterocycles. The third kappa shape index (κ3) is 5.58. The van der Waals surface area contributed by atoms with E-state index in [-0.39, 0.29) is 25.0 Å². The summed E-state index contributed by atoms with van der Waals surface area (Å²) in [7, 11) is 2.81. The summed E-state index contributed by atoms with van der Waals surface area (Å²) in [5.41, 5.74) is 0. The molecule has 0 aromatic rings. The summed E-state index contributed by atoms with van der Waals surface area (Å²) < 4.78 is 9.70. The predicted octanol–water partition coefficient (Wildman–Crippen LogP) is 0.260. The van der Waals surface area contributed by atoms with Gasteiger partial charge in [0.25, 0.3) is 0 Å². The van der Waals surface area contributed by atoms with Crippen molar-refractivity contribution < 1.29 is 29.0 Å². The smallest absolute Gasteiger partial charge is 0.326 e. The molecular weight excluding hydrogens is 280 g/mol. The predicted molar refractivity (Wildman–Crippen MR) is 72.8 cm³/mol. The zero-order valence-electron chi connectivity index (χ0n) is 12.3. The number of carboxylic acid groups (broad SMARTS) is 1. The lowest BCUT2D eigenvalue weighted by Crippen LogP contribution is -2.51. The molecule has 2 unspecified atom stereocenters. The Hall–Kier alpha value is -1.83. The average molecular weight is 302 g/mol. The van der Waals surface area contributed by atoms with E-state index < -0.39 is 24.0 Å². The SMILES string of the molecule is COC(=O)CC[C@@H](NC(=O)NC1CCCC1OC)C(=O)O. The minimum absolute atomic E-state index is 0.0200. The van der Waals surface area contributed by atoms with Crippen molar-refractivity contribution in [2.75, 3.05) is 14.2 Å². The van der Waals surface area contributed by atoms with Crippen LogP contribution in [-0.4, -0.2) is 55.5 Å². The molecule has 0 saturated heterocycles. The number of carbonyl (C=O) groups is 3. The molecule has 0 radical (unpaired) electrons. The summed E-state index contributed by atoms with van der Waals surface area (Å²) >= 11 is 0. The summed E-state index contributed by atoms with van der Waals surface area (Å²) in [5, 5.41) is 14.1. The monoisotopic (exact) mass is 302 g/mol. The van der Waals surface area contributed by atoms with E-state index in [0.29, 0.717) is 0 Å². The van der Waals surface area contributed by atoms with Crippen LogP contribution < -0.4 is 10.6 Å². The van der Waals surface area contributed by atoms with Crippen LogP contribution in [0.1, 0.15) is 32.1 Å². The number of carbonyl (C=O) groups excluding carboxylic acids is 2. The van der Waals surface area contributed by atoms with Gasteiger partial charge in [0.2, 0.25) is 0 Å². The van der Waals surface area contributed by atoms with E-state index in [1.807, 2.05) is 0 Å². The fraction of sp³-hybridized carbons (Fsp3) is 0.769. The van der Waals surface area contributed by atoms with Gasteiger partial charge >= 0.3 is 18.0 Å². The van der Waals surface area contributed by atoms with Gasteiger partial charge in [-0.05, 0) is 25.7 Å². The van der Waals surface area contributed by atoms with Gasteiger partial charge in [-0.25, -0.2) is 9.59 Å². The Bertz CT molecular complexity index is 387. The molecule has 3 atom stereocenters. The zero-order chi connectivity index (χ0) is 15.8. The number of rotatable bonds is 7. The third-order valence-corrected chi connectivity index (χ3v) is 3.54. The summed E-state index contributed by atoms with van der Waals surface area (Å²) in [6.45, 7) is 0. The average Bonchev–Trinajstić information content (AvgIpc) is 2.89. The van der Waals surface area contributed by atoms with Crippen LogP contribution in [-0.2, 0) is 19.1 Å². The topological polar surface area (TPSA) is 114 Å². The Morgan fingerprint density at radius 3 is 2.57 bits per heavy atom. The van der Waals surface area contributed by atoms with Crippen molar-refractivity contribution in [2.45, 2.75) is 50.3 Å². The highest BCUT2D eigenvalue weighted by Gasteiger charge is 2.29. The zero-order valence-corrected chi connectivity index (χ0v) is 12.3. The highest BCUT2D eigenvalue weighted by Crippen LogP contribution is 2.21. The first-order valence-corrected chi connectivity index (χ1v) is 6.87. The molecule has 0 heterocycles.